The van der Waals surface area contributed by atoms with Crippen molar-refractivity contribution < 1.29 is 140 Å². The second-order valence-electron chi connectivity index (χ2n) is 45.3. The van der Waals surface area contributed by atoms with Crippen LogP contribution in [-0.2, 0) is 109 Å². The van der Waals surface area contributed by atoms with Crippen LogP contribution in [-0.4, -0.2) is 210 Å². The molecule has 9 saturated carbocycles. The molecule has 148 heavy (non-hydrogen) atoms. The Kier molecular flexibility index (Phi) is 71.1. The van der Waals surface area contributed by atoms with Crippen LogP contribution in [0.25, 0.3) is 10.4 Å². The molecule has 0 radical (unpaired) electrons. The number of methoxy groups -OCH3 is 3. The number of azide groups is 1. The average Bonchev–Trinajstić information content (AvgIpc) is 1.69. The number of carbonyl (C=O) groups is 11. The number of carboxylic acid groups (broad SMARTS) is 1. The summed E-state index contributed by atoms with van der Waals surface area (Å²) in [5.74, 6) is -0.788. The number of aliphatic hydroxyl groups is 3. The van der Waals surface area contributed by atoms with Gasteiger partial charge in [-0.2, -0.15) is 135 Å². The van der Waals surface area contributed by atoms with Crippen molar-refractivity contribution >= 4 is 232 Å². The van der Waals surface area contributed by atoms with Crippen LogP contribution >= 0.6 is 158 Å². The highest BCUT2D eigenvalue weighted by Crippen LogP contribution is 2.71. The lowest BCUT2D eigenvalue weighted by Gasteiger charge is -2.65. The van der Waals surface area contributed by atoms with Crippen LogP contribution in [0.15, 0.2) is 40.1 Å². The molecule has 0 saturated heterocycles. The van der Waals surface area contributed by atoms with Gasteiger partial charge in [-0.05, 0) is 329 Å². The van der Waals surface area contributed by atoms with Crippen LogP contribution in [0.1, 0.15) is 351 Å². The first-order valence-electron chi connectivity index (χ1n) is 47.6. The molecule has 21 atom stereocenters. The van der Waals surface area contributed by atoms with Crippen LogP contribution in [0, 0.1) is 96.1 Å². The largest absolute Gasteiger partial charge is 0.479 e. The second kappa shape index (κ2) is 64.8. The number of fused-ring (bicyclic) bond motifs is 15. The summed E-state index contributed by atoms with van der Waals surface area (Å²) in [4.78, 5) is 133. The Balaban J connectivity index is -0.000000200. The van der Waals surface area contributed by atoms with Gasteiger partial charge in [0.25, 0.3) is 0 Å². The monoisotopic (exact) mass is 2430 g/mol. The fourth-order valence-electron chi connectivity index (χ4n) is 25.4. The number of hydrogen-bond donors (Lipinski definition) is 6. The van der Waals surface area contributed by atoms with Gasteiger partial charge in [-0.15, -0.1) is 10.7 Å². The number of ether oxygens (including phenoxy) is 10. The summed E-state index contributed by atoms with van der Waals surface area (Å²) in [5, 5.41) is 54.9. The van der Waals surface area contributed by atoms with Crippen LogP contribution in [0.4, 0.5) is 4.79 Å². The summed E-state index contributed by atoms with van der Waals surface area (Å²) in [7, 11) is 0.569. The number of carbonyl (C=O) groups excluding carboxylic acids is 10. The van der Waals surface area contributed by atoms with Crippen molar-refractivity contribution in [3.05, 3.63) is 45.4 Å². The SMILES string of the molecule is C.C.C.C.CC(=O)OC(C)(C)C.CC(=O)OC(C)(C)C.CC(C)(C)OC(=O)N=[N+]=[N-].CO[C@@]1(C(=O)O)CCC2C3CCC4=CC(=O)CCC4(C)C3C(O)CC21C.CO[C@@]1(C(=O)OCCC(=O)OC(C)(C)C)CCCC2C3CCC4=CC(=O)CCC4(C)C3C(O)CC21C.CO[C@@]1(C(=O)OCCC(=O)OC(C)(C)C)CCCC2C3CCC4=CC(=O)CCC4(C)C3C(O)CC21C.CS(C)(=O)(O)OO.S.S.S.S.S.S.S.S.S.S.[2H]C#CI. The van der Waals surface area contributed by atoms with Gasteiger partial charge in [0.2, 0.25) is 0 Å². The van der Waals surface area contributed by atoms with Crippen molar-refractivity contribution in [1.82, 2.24) is 0 Å². The van der Waals surface area contributed by atoms with E-state index in [4.69, 9.17) is 59.3 Å². The Labute approximate surface area is 970 Å². The van der Waals surface area contributed by atoms with E-state index >= 15 is 0 Å². The highest BCUT2D eigenvalue weighted by atomic mass is 127. The van der Waals surface area contributed by atoms with Crippen molar-refractivity contribution in [2.24, 2.45) is 90.9 Å². The molecule has 0 aliphatic heterocycles. The summed E-state index contributed by atoms with van der Waals surface area (Å²) in [6.45, 7) is 42.5. The van der Waals surface area contributed by atoms with Crippen molar-refractivity contribution in [2.45, 2.75) is 413 Å². The van der Waals surface area contributed by atoms with E-state index < -0.39 is 114 Å². The predicted octanol–water partition coefficient (Wildman–Crippen LogP) is 21.6. The van der Waals surface area contributed by atoms with E-state index in [1.54, 1.807) is 99.1 Å². The topological polar surface area (TPSA) is 477 Å². The lowest BCUT2D eigenvalue weighted by molar-refractivity contribution is -0.239. The van der Waals surface area contributed by atoms with E-state index in [2.05, 4.69) is 57.6 Å². The molecule has 0 heterocycles. The van der Waals surface area contributed by atoms with Crippen molar-refractivity contribution in [2.75, 3.05) is 47.1 Å². The van der Waals surface area contributed by atoms with E-state index in [1.165, 1.54) is 37.7 Å². The van der Waals surface area contributed by atoms with E-state index in [9.17, 15) is 77.4 Å². The fraction of sp³-hybridized carbons (Fsp3) is 0.817. The van der Waals surface area contributed by atoms with E-state index in [0.717, 1.165) is 102 Å². The van der Waals surface area contributed by atoms with Crippen LogP contribution in [0.2, 0.25) is 0 Å². The minimum atomic E-state index is -4.06. The van der Waals surface area contributed by atoms with Gasteiger partial charge in [0.15, 0.2) is 34.2 Å². The molecule has 0 aromatic carbocycles. The third-order valence-electron chi connectivity index (χ3n) is 30.1. The zero-order valence-corrected chi connectivity index (χ0v) is 103. The van der Waals surface area contributed by atoms with Crippen LogP contribution in [0.5, 0.6) is 0 Å². The molecule has 0 bridgehead atoms. The number of esters is 6. The molecule has 0 aromatic heterocycles. The summed E-state index contributed by atoms with van der Waals surface area (Å²) >= 11 is 1.80. The molecule has 1 amide bonds. The predicted molar refractivity (Wildman–Crippen MR) is 642 cm³/mol. The molecule has 12 aliphatic rings. The molecule has 32 nitrogen and oxygen atoms in total. The lowest BCUT2D eigenvalue weighted by Crippen LogP contribution is -2.67. The number of hydrogen-bond acceptors (Lipinski definition) is 27. The van der Waals surface area contributed by atoms with Gasteiger partial charge in [-0.25, -0.2) is 28.6 Å². The van der Waals surface area contributed by atoms with Gasteiger partial charge in [-0.1, -0.05) is 88.0 Å². The van der Waals surface area contributed by atoms with Gasteiger partial charge >= 0.3 is 47.9 Å². The summed E-state index contributed by atoms with van der Waals surface area (Å²) in [5.41, 5.74) is 3.15. The maximum absolute atomic E-state index is 13.6. The van der Waals surface area contributed by atoms with Gasteiger partial charge in [-0.3, -0.25) is 33.6 Å². The van der Waals surface area contributed by atoms with E-state index in [0.29, 0.717) is 57.8 Å². The maximum Gasteiger partial charge on any atom is 0.397 e. The van der Waals surface area contributed by atoms with E-state index in [1.807, 2.05) is 73.1 Å². The lowest BCUT2D eigenvalue weighted by atomic mass is 9.41. The number of ketones is 3. The molecule has 0 spiro atoms. The number of amides is 1. The van der Waals surface area contributed by atoms with Crippen molar-refractivity contribution in [1.29, 1.82) is 0 Å². The first-order valence-corrected chi connectivity index (χ1v) is 50.8. The molecule has 12 rings (SSSR count). The summed E-state index contributed by atoms with van der Waals surface area (Å²) in [6.07, 6.45) is 23.3. The maximum atomic E-state index is 13.6. The minimum Gasteiger partial charge on any atom is -0.479 e. The molecule has 0 aromatic rings. The standard InChI is InChI=1S/2C29H44O7.C21H30O5.2C6H12O2.C5H9N3O2.C2HI.C2H8O4S.4CH4.10H2S/c2*1-26(2,3)36-23(32)12-15-35-25(33)29(34-6)13-7-8-21-20-10-9-18-16-19(30)11-14-27(18,4)24(20)22(31)17-28(21,29)5;1-19-8-6-13(22)10-12(19)4-5-14-15-7-9-21(26-3,18(24)25)20(15,2)11-16(23)17(14)19;2*1-5(7)8-6(2,3)4;1-5(2,3)10-4(9)7-8-6;1-2-3;1-7(2,4,5)6-3;;;;;;;;;;;;;;/h2*16,20-22,24,31H,7-15,17H2,1-6H3;10,14-17,23H,4-9,11H2,1-3H3,(H,24,25);2*1-4H3;1-3H3;1H;3H,1-2H3,(H,4,5);4*1H4;10*1H2/t2*20?,21?,22?,24?,27?,28?,29-;14?,15?,16?,17?,19?,20?,21-;;;;;;;;;;;;;;;;;;;/m111.................../s1/i;;;;;;1D;;;;;;;;;;;;;;;. The van der Waals surface area contributed by atoms with Gasteiger partial charge in [0.1, 0.15) is 52.2 Å². The third kappa shape index (κ3) is 41.0. The average molecular weight is 2430 g/mol. The van der Waals surface area contributed by atoms with Gasteiger partial charge in [0.05, 0.1) is 31.2 Å². The van der Waals surface area contributed by atoms with Crippen molar-refractivity contribution in [3.8, 4) is 10.3 Å². The first kappa shape index (κ1) is 162. The zero-order valence-electron chi connectivity index (χ0n) is 91.0. The highest BCUT2D eigenvalue weighted by molar-refractivity contribution is 14.1. The molecular weight excluding hydrogens is 2230 g/mol. The Morgan fingerprint density at radius 2 is 0.723 bits per heavy atom. The highest BCUT2D eigenvalue weighted by Gasteiger charge is 2.73. The van der Waals surface area contributed by atoms with Crippen LogP contribution < -0.4 is 0 Å². The number of terminal acetylenes is 1. The number of nitrogens with zero attached hydrogens (tertiary/aromatic N) is 3. The molecule has 6 N–H and O–H groups in total. The number of aliphatic carboxylic acids is 1. The second-order valence-corrected chi connectivity index (χ2v) is 49.3. The molecular formula is C104H196IN3O29S11. The number of allylic oxidation sites excluding steroid dienone is 5. The number of aliphatic hydroxyl groups excluding tert-OH is 3. The summed E-state index contributed by atoms with van der Waals surface area (Å²) < 4.78 is 84.2. The van der Waals surface area contributed by atoms with Crippen molar-refractivity contribution in [3.63, 3.8) is 0 Å². The third-order valence-corrected chi connectivity index (χ3v) is 30.5. The Morgan fingerprint density at radius 3 is 0.939 bits per heavy atom. The first-order chi connectivity index (χ1) is 61.7. The Morgan fingerprint density at radius 1 is 0.466 bits per heavy atom. The van der Waals surface area contributed by atoms with Gasteiger partial charge < -0.3 is 72.3 Å². The fourth-order valence-corrected chi connectivity index (χ4v) is 25.4. The van der Waals surface area contributed by atoms with Crippen LogP contribution in [0.3, 0.4) is 0 Å². The smallest absolute Gasteiger partial charge is 0.397 e. The quantitative estimate of drug-likeness (QED) is 0.0115. The normalized spacial score (nSPS) is 31.3. The minimum absolute atomic E-state index is 0. The molecule has 12 aliphatic carbocycles. The molecule has 18 unspecified atom stereocenters. The zero-order chi connectivity index (χ0) is 103. The number of halogens is 1. The summed E-state index contributed by atoms with van der Waals surface area (Å²) in [6, 6.07) is 0. The van der Waals surface area contributed by atoms with E-state index in [-0.39, 0.29) is 301 Å². The molecule has 44 heteroatoms. The molecule has 874 valence electrons. The van der Waals surface area contributed by atoms with Gasteiger partial charge in [0, 0.05) is 116 Å². The number of rotatable bonds is 13. The Hall–Kier alpha value is -3.12. The Bertz CT molecular complexity index is 4400. The molecule has 9 fully saturated rings. The number of carboxylic acids is 1.